The zero-order chi connectivity index (χ0) is 18.6. The second kappa shape index (κ2) is 10.4. The molecule has 2 atom stereocenters. The van der Waals surface area contributed by atoms with Crippen molar-refractivity contribution in [2.24, 2.45) is 5.41 Å². The van der Waals surface area contributed by atoms with Crippen LogP contribution in [-0.4, -0.2) is 54.6 Å². The quantitative estimate of drug-likeness (QED) is 0.685. The summed E-state index contributed by atoms with van der Waals surface area (Å²) in [7, 11) is 0. The molecule has 2 saturated heterocycles. The molecule has 2 heterocycles. The smallest absolute Gasteiger partial charge is 0.137 e. The van der Waals surface area contributed by atoms with Crippen LogP contribution in [0.3, 0.4) is 0 Å². The Morgan fingerprint density at radius 3 is 2.78 bits per heavy atom. The third kappa shape index (κ3) is 6.59. The molecule has 0 aliphatic carbocycles. The number of aliphatic hydroxyl groups is 1. The number of nitrogens with one attached hydrogen (secondary N) is 1. The molecule has 27 heavy (non-hydrogen) atoms. The number of carbonyl (C=O) groups is 1. The summed E-state index contributed by atoms with van der Waals surface area (Å²) >= 11 is 12.0. The number of β-amino-alcohol motifs (C(OH)–C–C–N with tert-alkyl or cyclic N) is 1. The molecule has 7 heteroatoms. The van der Waals surface area contributed by atoms with E-state index in [4.69, 9.17) is 23.2 Å². The summed E-state index contributed by atoms with van der Waals surface area (Å²) in [4.78, 5) is 15.1. The lowest BCUT2D eigenvalue weighted by Crippen LogP contribution is -2.43. The van der Waals surface area contributed by atoms with Crippen molar-refractivity contribution in [3.8, 4) is 0 Å². The predicted octanol–water partition coefficient (Wildman–Crippen LogP) is 3.74. The van der Waals surface area contributed by atoms with Gasteiger partial charge in [-0.15, -0.1) is 12.4 Å². The van der Waals surface area contributed by atoms with Crippen LogP contribution in [0.2, 0.25) is 10.0 Å². The van der Waals surface area contributed by atoms with Gasteiger partial charge in [-0.25, -0.2) is 0 Å². The van der Waals surface area contributed by atoms with Crippen LogP contribution >= 0.6 is 35.6 Å². The number of piperidine rings is 1. The van der Waals surface area contributed by atoms with Crippen LogP contribution in [0.5, 0.6) is 0 Å². The van der Waals surface area contributed by atoms with E-state index in [9.17, 15) is 9.90 Å². The van der Waals surface area contributed by atoms with Crippen LogP contribution in [0.25, 0.3) is 0 Å². The number of rotatable bonds is 7. The van der Waals surface area contributed by atoms with E-state index in [1.165, 1.54) is 0 Å². The molecule has 152 valence electrons. The number of aliphatic hydroxyl groups excluding tert-OH is 1. The number of likely N-dealkylation sites (tertiary alicyclic amines) is 1. The lowest BCUT2D eigenvalue weighted by atomic mass is 9.73. The molecule has 0 spiro atoms. The van der Waals surface area contributed by atoms with Gasteiger partial charge in [-0.2, -0.15) is 0 Å². The van der Waals surface area contributed by atoms with Crippen LogP contribution in [0.1, 0.15) is 37.7 Å². The molecule has 2 aliphatic rings. The number of halogens is 3. The molecule has 2 fully saturated rings. The molecule has 3 rings (SSSR count). The molecule has 0 radical (unpaired) electrons. The van der Waals surface area contributed by atoms with Crippen LogP contribution < -0.4 is 5.32 Å². The van der Waals surface area contributed by atoms with Gasteiger partial charge in [0.05, 0.1) is 16.1 Å². The zero-order valence-corrected chi connectivity index (χ0v) is 17.9. The van der Waals surface area contributed by atoms with E-state index in [-0.39, 0.29) is 29.7 Å². The Labute approximate surface area is 178 Å². The minimum atomic E-state index is -0.188. The summed E-state index contributed by atoms with van der Waals surface area (Å²) in [5.41, 5.74) is 0.949. The highest BCUT2D eigenvalue weighted by Gasteiger charge is 2.35. The van der Waals surface area contributed by atoms with Crippen molar-refractivity contribution in [2.45, 2.75) is 44.6 Å². The van der Waals surface area contributed by atoms with E-state index in [0.717, 1.165) is 64.0 Å². The molecule has 4 nitrogen and oxygen atoms in total. The normalized spacial score (nSPS) is 26.0. The first-order chi connectivity index (χ1) is 12.5. The molecule has 0 saturated carbocycles. The number of hydrogen-bond acceptors (Lipinski definition) is 4. The average Bonchev–Trinajstić information content (AvgIpc) is 3.03. The number of benzene rings is 1. The van der Waals surface area contributed by atoms with Crippen molar-refractivity contribution >= 4 is 41.4 Å². The molecule has 0 bridgehead atoms. The number of hydrogen-bond donors (Lipinski definition) is 2. The van der Waals surface area contributed by atoms with Crippen molar-refractivity contribution in [2.75, 3.05) is 32.7 Å². The lowest BCUT2D eigenvalue weighted by molar-refractivity contribution is -0.121. The van der Waals surface area contributed by atoms with Gasteiger partial charge in [0.25, 0.3) is 0 Å². The van der Waals surface area contributed by atoms with E-state index < -0.39 is 0 Å². The highest BCUT2D eigenvalue weighted by molar-refractivity contribution is 6.42. The summed E-state index contributed by atoms with van der Waals surface area (Å²) < 4.78 is 0. The number of nitrogens with zero attached hydrogens (tertiary/aromatic N) is 1. The number of ketones is 1. The molecule has 2 N–H and O–H groups in total. The molecule has 0 aromatic heterocycles. The molecule has 1 aromatic carbocycles. The Kier molecular flexibility index (Phi) is 8.85. The maximum absolute atomic E-state index is 12.8. The van der Waals surface area contributed by atoms with E-state index >= 15 is 0 Å². The van der Waals surface area contributed by atoms with Crippen molar-refractivity contribution in [1.82, 2.24) is 10.2 Å². The molecule has 2 aliphatic heterocycles. The maximum atomic E-state index is 12.8. The minimum Gasteiger partial charge on any atom is -0.392 e. The summed E-state index contributed by atoms with van der Waals surface area (Å²) in [5, 5.41) is 14.2. The molecular formula is C20H29Cl3N2O2. The Bertz CT molecular complexity index is 636. The van der Waals surface area contributed by atoms with Crippen molar-refractivity contribution < 1.29 is 9.90 Å². The van der Waals surface area contributed by atoms with Gasteiger partial charge in [-0.05, 0) is 61.9 Å². The molecule has 0 amide bonds. The Morgan fingerprint density at radius 2 is 2.15 bits per heavy atom. The summed E-state index contributed by atoms with van der Waals surface area (Å²) in [6.07, 6.45) is 4.87. The number of Topliss-reactive ketones (excluding diaryl/α,β-unsaturated/α-hetero) is 1. The Hall–Kier alpha value is -0.360. The van der Waals surface area contributed by atoms with E-state index in [1.807, 2.05) is 6.07 Å². The largest absolute Gasteiger partial charge is 0.392 e. The van der Waals surface area contributed by atoms with E-state index in [2.05, 4.69) is 10.2 Å². The van der Waals surface area contributed by atoms with Gasteiger partial charge >= 0.3 is 0 Å². The van der Waals surface area contributed by atoms with Crippen molar-refractivity contribution in [1.29, 1.82) is 0 Å². The highest BCUT2D eigenvalue weighted by atomic mass is 35.5. The lowest BCUT2D eigenvalue weighted by Gasteiger charge is -2.38. The fourth-order valence-corrected chi connectivity index (χ4v) is 4.57. The van der Waals surface area contributed by atoms with Gasteiger partial charge in [0.2, 0.25) is 0 Å². The summed E-state index contributed by atoms with van der Waals surface area (Å²) in [6.45, 7) is 4.61. The Balaban J connectivity index is 0.00000261. The number of carbonyl (C=O) groups excluding carboxylic acids is 1. The van der Waals surface area contributed by atoms with Gasteiger partial charge < -0.3 is 15.3 Å². The van der Waals surface area contributed by atoms with E-state index in [0.29, 0.717) is 22.9 Å². The average molecular weight is 436 g/mol. The standard InChI is InChI=1S/C20H28Cl2N2O2.ClH/c21-18-3-2-15(11-19(18)22)10-17(26)12-20(5-1-7-23-14-20)6-9-24-8-4-16(25)13-24;/h2-3,11,16,23,25H,1,4-10,12-14H2;1H. The van der Waals surface area contributed by atoms with Gasteiger partial charge in [0, 0.05) is 32.5 Å². The topological polar surface area (TPSA) is 52.6 Å². The van der Waals surface area contributed by atoms with Crippen LogP contribution in [0.15, 0.2) is 18.2 Å². The predicted molar refractivity (Wildman–Crippen MR) is 113 cm³/mol. The maximum Gasteiger partial charge on any atom is 0.137 e. The summed E-state index contributed by atoms with van der Waals surface area (Å²) in [6, 6.07) is 5.42. The third-order valence-corrected chi connectivity index (χ3v) is 6.46. The third-order valence-electron chi connectivity index (χ3n) is 5.72. The van der Waals surface area contributed by atoms with Gasteiger partial charge in [0.15, 0.2) is 0 Å². The molecule has 2 unspecified atom stereocenters. The molecular weight excluding hydrogens is 407 g/mol. The highest BCUT2D eigenvalue weighted by Crippen LogP contribution is 2.35. The van der Waals surface area contributed by atoms with Gasteiger partial charge in [-0.1, -0.05) is 29.3 Å². The second-order valence-electron chi connectivity index (χ2n) is 7.91. The minimum absolute atomic E-state index is 0. The van der Waals surface area contributed by atoms with Crippen molar-refractivity contribution in [3.63, 3.8) is 0 Å². The zero-order valence-electron chi connectivity index (χ0n) is 15.6. The van der Waals surface area contributed by atoms with Gasteiger partial charge in [-0.3, -0.25) is 4.79 Å². The van der Waals surface area contributed by atoms with E-state index in [1.54, 1.807) is 12.1 Å². The Morgan fingerprint density at radius 1 is 1.33 bits per heavy atom. The monoisotopic (exact) mass is 434 g/mol. The van der Waals surface area contributed by atoms with Crippen LogP contribution in [0, 0.1) is 5.41 Å². The van der Waals surface area contributed by atoms with Gasteiger partial charge in [0.1, 0.15) is 5.78 Å². The first-order valence-corrected chi connectivity index (χ1v) is 10.3. The SMILES string of the molecule is Cl.O=C(Cc1ccc(Cl)c(Cl)c1)CC1(CCN2CCC(O)C2)CCCNC1. The fraction of sp³-hybridized carbons (Fsp3) is 0.650. The first-order valence-electron chi connectivity index (χ1n) is 9.53. The van der Waals surface area contributed by atoms with Crippen LogP contribution in [-0.2, 0) is 11.2 Å². The summed E-state index contributed by atoms with van der Waals surface area (Å²) in [5.74, 6) is 0.258. The fourth-order valence-electron chi connectivity index (χ4n) is 4.25. The second-order valence-corrected chi connectivity index (χ2v) is 8.73. The van der Waals surface area contributed by atoms with Crippen LogP contribution in [0.4, 0.5) is 0 Å². The first kappa shape index (κ1) is 22.9. The van der Waals surface area contributed by atoms with Crippen molar-refractivity contribution in [3.05, 3.63) is 33.8 Å². The molecule has 1 aromatic rings.